The van der Waals surface area contributed by atoms with E-state index in [1.165, 1.54) is 6.92 Å². The average Bonchev–Trinajstić information content (AvgIpc) is 2.55. The summed E-state index contributed by atoms with van der Waals surface area (Å²) in [6.45, 7) is 1.07. The molecule has 0 aliphatic rings. The van der Waals surface area contributed by atoms with Gasteiger partial charge in [-0.1, -0.05) is 0 Å². The Morgan fingerprint density at radius 2 is 1.91 bits per heavy atom. The zero-order chi connectivity index (χ0) is 17.7. The van der Waals surface area contributed by atoms with Crippen molar-refractivity contribution in [3.05, 3.63) is 40.5 Å². The van der Waals surface area contributed by atoms with Gasteiger partial charge in [0.1, 0.15) is 11.3 Å². The number of ether oxygens (including phenoxy) is 1. The van der Waals surface area contributed by atoms with Crippen molar-refractivity contribution in [2.45, 2.75) is 13.0 Å². The highest BCUT2D eigenvalue weighted by Crippen LogP contribution is 2.25. The van der Waals surface area contributed by atoms with E-state index in [0.29, 0.717) is 0 Å². The first-order valence-electron chi connectivity index (χ1n) is 6.23. The van der Waals surface area contributed by atoms with Gasteiger partial charge in [-0.2, -0.15) is 0 Å². The number of carbonyl (C=O) groups excluding carboxylic acids is 1. The van der Waals surface area contributed by atoms with E-state index in [9.17, 15) is 27.5 Å². The largest absolute Gasteiger partial charge is 0.506 e. The van der Waals surface area contributed by atoms with Gasteiger partial charge in [-0.15, -0.1) is 0 Å². The van der Waals surface area contributed by atoms with Crippen molar-refractivity contribution in [2.24, 2.45) is 4.99 Å². The number of carbonyl (C=O) groups is 1. The molecule has 0 fully saturated rings. The van der Waals surface area contributed by atoms with E-state index in [4.69, 9.17) is 5.11 Å². The number of aliphatic hydroxyl groups excluding tert-OH is 2. The molecule has 9 heteroatoms. The molecule has 0 spiro atoms. The summed E-state index contributed by atoms with van der Waals surface area (Å²) in [7, 11) is 0.946. The molecule has 5 nitrogen and oxygen atoms in total. The quantitative estimate of drug-likeness (QED) is 0.164. The van der Waals surface area contributed by atoms with Gasteiger partial charge in [0.2, 0.25) is 0 Å². The van der Waals surface area contributed by atoms with Gasteiger partial charge in [-0.05, 0) is 13.0 Å². The standard InChI is InChI=1S/C14H13F4NO4/c1-6(5-20)19-4-8(14(22)23-2)13(21)7-3-9(15)11(17)12(18)10(7)16/h3-4,6,20-21H,5H2,1-2H3/b13-8-,19-4?. The Kier molecular flexibility index (Phi) is 6.26. The van der Waals surface area contributed by atoms with E-state index < -0.39 is 52.2 Å². The smallest absolute Gasteiger partial charge is 0.343 e. The van der Waals surface area contributed by atoms with Crippen LogP contribution in [0.5, 0.6) is 0 Å². The minimum Gasteiger partial charge on any atom is -0.506 e. The highest BCUT2D eigenvalue weighted by atomic mass is 19.2. The number of aliphatic hydroxyl groups is 2. The molecule has 0 amide bonds. The van der Waals surface area contributed by atoms with Gasteiger partial charge < -0.3 is 14.9 Å². The summed E-state index contributed by atoms with van der Waals surface area (Å²) in [5, 5.41) is 18.8. The molecule has 2 N–H and O–H groups in total. The van der Waals surface area contributed by atoms with Gasteiger partial charge in [-0.3, -0.25) is 4.99 Å². The SMILES string of the molecule is COC(=O)/C(C=NC(C)CO)=C(\O)c1cc(F)c(F)c(F)c1F. The first kappa shape index (κ1) is 18.6. The molecule has 1 rings (SSSR count). The number of nitrogens with zero attached hydrogens (tertiary/aromatic N) is 1. The first-order chi connectivity index (χ1) is 10.7. The van der Waals surface area contributed by atoms with Crippen molar-refractivity contribution in [1.82, 2.24) is 0 Å². The molecule has 126 valence electrons. The van der Waals surface area contributed by atoms with Crippen LogP contribution in [0.4, 0.5) is 17.6 Å². The molecule has 0 bridgehead atoms. The van der Waals surface area contributed by atoms with Crippen LogP contribution in [0.15, 0.2) is 16.6 Å². The van der Waals surface area contributed by atoms with Crippen LogP contribution in [-0.4, -0.2) is 42.2 Å². The number of rotatable bonds is 5. The van der Waals surface area contributed by atoms with E-state index in [-0.39, 0.29) is 12.7 Å². The summed E-state index contributed by atoms with van der Waals surface area (Å²) in [5.74, 6) is -10.2. The lowest BCUT2D eigenvalue weighted by Crippen LogP contribution is -2.13. The molecule has 0 saturated heterocycles. The van der Waals surface area contributed by atoms with E-state index >= 15 is 0 Å². The van der Waals surface area contributed by atoms with Crippen LogP contribution in [0.25, 0.3) is 5.76 Å². The second kappa shape index (κ2) is 7.73. The van der Waals surface area contributed by atoms with Crippen molar-refractivity contribution < 1.29 is 37.3 Å². The van der Waals surface area contributed by atoms with E-state index in [2.05, 4.69) is 9.73 Å². The third-order valence-electron chi connectivity index (χ3n) is 2.74. The Labute approximate surface area is 128 Å². The highest BCUT2D eigenvalue weighted by molar-refractivity contribution is 6.15. The van der Waals surface area contributed by atoms with Crippen LogP contribution in [0, 0.1) is 23.3 Å². The van der Waals surface area contributed by atoms with E-state index in [1.54, 1.807) is 0 Å². The predicted octanol–water partition coefficient (Wildman–Crippen LogP) is 2.14. The molecular weight excluding hydrogens is 322 g/mol. The van der Waals surface area contributed by atoms with Crippen LogP contribution in [0.2, 0.25) is 0 Å². The number of esters is 1. The molecular formula is C14H13F4NO4. The van der Waals surface area contributed by atoms with Gasteiger partial charge in [0, 0.05) is 6.21 Å². The fourth-order valence-corrected chi connectivity index (χ4v) is 1.46. The number of methoxy groups -OCH3 is 1. The van der Waals surface area contributed by atoms with Crippen molar-refractivity contribution >= 4 is 17.9 Å². The normalized spacial score (nSPS) is 13.9. The molecule has 0 saturated carbocycles. The summed E-state index contributed by atoms with van der Waals surface area (Å²) in [6, 6.07) is -0.482. The number of hydrogen-bond acceptors (Lipinski definition) is 5. The van der Waals surface area contributed by atoms with Gasteiger partial charge in [0.25, 0.3) is 0 Å². The third-order valence-corrected chi connectivity index (χ3v) is 2.74. The van der Waals surface area contributed by atoms with Crippen LogP contribution in [-0.2, 0) is 9.53 Å². The van der Waals surface area contributed by atoms with Crippen LogP contribution in [0.1, 0.15) is 12.5 Å². The maximum atomic E-state index is 13.7. The lowest BCUT2D eigenvalue weighted by molar-refractivity contribution is -0.135. The average molecular weight is 335 g/mol. The zero-order valence-corrected chi connectivity index (χ0v) is 12.1. The number of halogens is 4. The second-order valence-corrected chi connectivity index (χ2v) is 4.41. The Morgan fingerprint density at radius 1 is 1.30 bits per heavy atom. The molecule has 0 heterocycles. The van der Waals surface area contributed by atoms with Crippen LogP contribution >= 0.6 is 0 Å². The lowest BCUT2D eigenvalue weighted by atomic mass is 10.1. The molecule has 0 aromatic heterocycles. The Hall–Kier alpha value is -2.42. The van der Waals surface area contributed by atoms with Gasteiger partial charge in [0.05, 0.1) is 25.3 Å². The fourth-order valence-electron chi connectivity index (χ4n) is 1.46. The third kappa shape index (κ3) is 4.07. The predicted molar refractivity (Wildman–Crippen MR) is 72.9 cm³/mol. The molecule has 0 radical (unpaired) electrons. The minimum atomic E-state index is -2.14. The fraction of sp³-hybridized carbons (Fsp3) is 0.286. The summed E-state index contributed by atoms with van der Waals surface area (Å²) < 4.78 is 57.4. The zero-order valence-electron chi connectivity index (χ0n) is 12.1. The molecule has 0 aliphatic carbocycles. The number of benzene rings is 1. The minimum absolute atomic E-state index is 0.190. The maximum Gasteiger partial charge on any atom is 0.343 e. The summed E-state index contributed by atoms with van der Waals surface area (Å²) in [5.41, 5.74) is -1.80. The van der Waals surface area contributed by atoms with Crippen molar-refractivity contribution in [3.8, 4) is 0 Å². The highest BCUT2D eigenvalue weighted by Gasteiger charge is 2.24. The van der Waals surface area contributed by atoms with Gasteiger partial charge in [0.15, 0.2) is 23.3 Å². The summed E-state index contributed by atoms with van der Waals surface area (Å²) in [6.07, 6.45) is 0.751. The summed E-state index contributed by atoms with van der Waals surface area (Å²) >= 11 is 0. The lowest BCUT2D eigenvalue weighted by Gasteiger charge is -2.09. The molecule has 0 aliphatic heterocycles. The molecule has 1 unspecified atom stereocenters. The van der Waals surface area contributed by atoms with E-state index in [1.807, 2.05) is 0 Å². The molecule has 1 aromatic rings. The second-order valence-electron chi connectivity index (χ2n) is 4.41. The Morgan fingerprint density at radius 3 is 2.43 bits per heavy atom. The topological polar surface area (TPSA) is 79.1 Å². The van der Waals surface area contributed by atoms with Gasteiger partial charge in [-0.25, -0.2) is 22.4 Å². The monoisotopic (exact) mass is 335 g/mol. The molecule has 1 atom stereocenters. The maximum absolute atomic E-state index is 13.7. The summed E-state index contributed by atoms with van der Waals surface area (Å²) in [4.78, 5) is 15.3. The van der Waals surface area contributed by atoms with E-state index in [0.717, 1.165) is 13.3 Å². The first-order valence-corrected chi connectivity index (χ1v) is 6.23. The van der Waals surface area contributed by atoms with Crippen LogP contribution in [0.3, 0.4) is 0 Å². The van der Waals surface area contributed by atoms with Crippen molar-refractivity contribution in [1.29, 1.82) is 0 Å². The Bertz CT molecular complexity index is 673. The van der Waals surface area contributed by atoms with Gasteiger partial charge >= 0.3 is 5.97 Å². The molecule has 23 heavy (non-hydrogen) atoms. The van der Waals surface area contributed by atoms with Crippen LogP contribution < -0.4 is 0 Å². The number of aliphatic imine (C=N–C) groups is 1. The van der Waals surface area contributed by atoms with Crippen molar-refractivity contribution in [3.63, 3.8) is 0 Å². The number of hydrogen-bond donors (Lipinski definition) is 2. The molecule has 1 aromatic carbocycles. The Balaban J connectivity index is 3.53. The van der Waals surface area contributed by atoms with Crippen molar-refractivity contribution in [2.75, 3.05) is 13.7 Å².